The lowest BCUT2D eigenvalue weighted by atomic mass is 10.0. The van der Waals surface area contributed by atoms with Gasteiger partial charge in [0.2, 0.25) is 5.91 Å². The van der Waals surface area contributed by atoms with Gasteiger partial charge in [-0.1, -0.05) is 19.8 Å². The number of nitrogens with one attached hydrogen (secondary N) is 1. The molecule has 2 aromatic rings. The first-order chi connectivity index (χ1) is 15.5. The van der Waals surface area contributed by atoms with E-state index in [1.807, 2.05) is 6.07 Å². The van der Waals surface area contributed by atoms with Crippen LogP contribution in [-0.4, -0.2) is 55.2 Å². The quantitative estimate of drug-likeness (QED) is 0.683. The number of ether oxygens (including phenoxy) is 2. The van der Waals surface area contributed by atoms with E-state index in [9.17, 15) is 9.59 Å². The zero-order valence-corrected chi connectivity index (χ0v) is 18.9. The Hall–Kier alpha value is -3.36. The predicted octanol–water partition coefficient (Wildman–Crippen LogP) is 3.52. The van der Waals surface area contributed by atoms with Crippen molar-refractivity contribution in [3.05, 3.63) is 30.1 Å². The van der Waals surface area contributed by atoms with Crippen molar-refractivity contribution in [2.45, 2.75) is 51.1 Å². The number of fused-ring (bicyclic) bond motifs is 1. The van der Waals surface area contributed by atoms with E-state index in [1.54, 1.807) is 24.2 Å². The summed E-state index contributed by atoms with van der Waals surface area (Å²) in [7, 11) is 4.64. The molecule has 9 nitrogen and oxygen atoms in total. The average molecular weight is 440 g/mol. The molecule has 1 amide bonds. The molecular formula is C23H29N5O4. The van der Waals surface area contributed by atoms with Crippen molar-refractivity contribution in [1.29, 1.82) is 0 Å². The maximum absolute atomic E-state index is 13.0. The molecule has 9 heteroatoms. The Bertz CT molecular complexity index is 1020. The van der Waals surface area contributed by atoms with Crippen LogP contribution in [0.5, 0.6) is 5.75 Å². The SMILES string of the molecule is CCC1C(=O)N(C)c2cnc(Nc3ncc(C(=O)OC)cc3OC)cc2N1C1CCCC1. The monoisotopic (exact) mass is 439 g/mol. The van der Waals surface area contributed by atoms with Crippen molar-refractivity contribution in [2.24, 2.45) is 0 Å². The molecular weight excluding hydrogens is 410 g/mol. The smallest absolute Gasteiger partial charge is 0.339 e. The number of rotatable bonds is 6. The normalized spacial score (nSPS) is 18.5. The minimum absolute atomic E-state index is 0.108. The van der Waals surface area contributed by atoms with Crippen molar-refractivity contribution < 1.29 is 19.1 Å². The number of aromatic nitrogens is 2. The molecule has 0 spiro atoms. The standard InChI is InChI=1S/C23H29N5O4/c1-5-16-22(29)27(2)18-13-24-20(11-17(18)28(16)15-8-6-7-9-15)26-21-19(31-3)10-14(12-25-21)23(30)32-4/h10-13,15-16H,5-9H2,1-4H3,(H,24,25,26). The largest absolute Gasteiger partial charge is 0.493 e. The van der Waals surface area contributed by atoms with E-state index >= 15 is 0 Å². The van der Waals surface area contributed by atoms with Crippen LogP contribution in [-0.2, 0) is 9.53 Å². The average Bonchev–Trinajstić information content (AvgIpc) is 3.35. The molecule has 0 aromatic carbocycles. The highest BCUT2D eigenvalue weighted by atomic mass is 16.5. The highest BCUT2D eigenvalue weighted by molar-refractivity contribution is 6.05. The van der Waals surface area contributed by atoms with Crippen LogP contribution in [0.3, 0.4) is 0 Å². The summed E-state index contributed by atoms with van der Waals surface area (Å²) in [6.45, 7) is 2.06. The van der Waals surface area contributed by atoms with Gasteiger partial charge in [0.1, 0.15) is 11.9 Å². The van der Waals surface area contributed by atoms with Crippen molar-refractivity contribution in [1.82, 2.24) is 9.97 Å². The lowest BCUT2D eigenvalue weighted by Gasteiger charge is -2.44. The number of esters is 1. The fourth-order valence-electron chi connectivity index (χ4n) is 4.65. The van der Waals surface area contributed by atoms with Gasteiger partial charge in [-0.3, -0.25) is 4.79 Å². The molecule has 1 atom stereocenters. The number of amides is 1. The summed E-state index contributed by atoms with van der Waals surface area (Å²) in [4.78, 5) is 37.7. The zero-order chi connectivity index (χ0) is 22.8. The van der Waals surface area contributed by atoms with Crippen LogP contribution in [0.2, 0.25) is 0 Å². The minimum Gasteiger partial charge on any atom is -0.493 e. The third kappa shape index (κ3) is 3.83. The van der Waals surface area contributed by atoms with Crippen LogP contribution in [0.15, 0.2) is 24.5 Å². The summed E-state index contributed by atoms with van der Waals surface area (Å²) in [5.41, 5.74) is 2.10. The van der Waals surface area contributed by atoms with Gasteiger partial charge >= 0.3 is 5.97 Å². The number of pyridine rings is 2. The molecule has 1 unspecified atom stereocenters. The fraction of sp³-hybridized carbons (Fsp3) is 0.478. The number of likely N-dealkylation sites (N-methyl/N-ethyl adjacent to an activating group) is 1. The summed E-state index contributed by atoms with van der Waals surface area (Å²) < 4.78 is 10.2. The number of nitrogens with zero attached hydrogens (tertiary/aromatic N) is 4. The molecule has 0 bridgehead atoms. The molecule has 1 aliphatic carbocycles. The molecule has 1 N–H and O–H groups in total. The van der Waals surface area contributed by atoms with Crippen LogP contribution in [0.4, 0.5) is 23.0 Å². The molecule has 1 aliphatic heterocycles. The Morgan fingerprint density at radius 3 is 2.56 bits per heavy atom. The second kappa shape index (κ2) is 9.02. The van der Waals surface area contributed by atoms with Gasteiger partial charge in [-0.2, -0.15) is 0 Å². The summed E-state index contributed by atoms with van der Waals surface area (Å²) in [5.74, 6) is 1.04. The molecule has 2 aromatic heterocycles. The molecule has 1 saturated carbocycles. The van der Waals surface area contributed by atoms with Crippen LogP contribution < -0.4 is 19.9 Å². The number of methoxy groups -OCH3 is 2. The lowest BCUT2D eigenvalue weighted by molar-refractivity contribution is -0.120. The topological polar surface area (TPSA) is 96.9 Å². The van der Waals surface area contributed by atoms with Crippen LogP contribution in [0, 0.1) is 0 Å². The summed E-state index contributed by atoms with van der Waals surface area (Å²) in [6, 6.07) is 3.70. The van der Waals surface area contributed by atoms with Gasteiger partial charge in [0.25, 0.3) is 0 Å². The highest BCUT2D eigenvalue weighted by Gasteiger charge is 2.40. The van der Waals surface area contributed by atoms with Crippen LogP contribution in [0.1, 0.15) is 49.4 Å². The van der Waals surface area contributed by atoms with Crippen LogP contribution >= 0.6 is 0 Å². The van der Waals surface area contributed by atoms with E-state index in [2.05, 4.69) is 27.1 Å². The van der Waals surface area contributed by atoms with E-state index in [0.29, 0.717) is 29.0 Å². The van der Waals surface area contributed by atoms with Gasteiger partial charge in [-0.25, -0.2) is 14.8 Å². The zero-order valence-electron chi connectivity index (χ0n) is 18.9. The van der Waals surface area contributed by atoms with Crippen molar-refractivity contribution in [3.63, 3.8) is 0 Å². The summed E-state index contributed by atoms with van der Waals surface area (Å²) >= 11 is 0. The summed E-state index contributed by atoms with van der Waals surface area (Å²) in [5, 5.41) is 3.20. The van der Waals surface area contributed by atoms with Crippen molar-refractivity contribution in [2.75, 3.05) is 36.4 Å². The van der Waals surface area contributed by atoms with Crippen molar-refractivity contribution in [3.8, 4) is 5.75 Å². The van der Waals surface area contributed by atoms with Crippen LogP contribution in [0.25, 0.3) is 0 Å². The van der Waals surface area contributed by atoms with Gasteiger partial charge in [-0.05, 0) is 19.3 Å². The van der Waals surface area contributed by atoms with E-state index < -0.39 is 5.97 Å². The second-order valence-corrected chi connectivity index (χ2v) is 8.12. The number of hydrogen-bond acceptors (Lipinski definition) is 8. The maximum Gasteiger partial charge on any atom is 0.339 e. The second-order valence-electron chi connectivity index (χ2n) is 8.12. The summed E-state index contributed by atoms with van der Waals surface area (Å²) in [6.07, 6.45) is 8.43. The number of carbonyl (C=O) groups excluding carboxylic acids is 2. The van der Waals surface area contributed by atoms with E-state index in [1.165, 1.54) is 33.3 Å². The lowest BCUT2D eigenvalue weighted by Crippen LogP contribution is -2.55. The highest BCUT2D eigenvalue weighted by Crippen LogP contribution is 2.42. The van der Waals surface area contributed by atoms with E-state index in [-0.39, 0.29) is 11.9 Å². The van der Waals surface area contributed by atoms with Gasteiger partial charge in [0, 0.05) is 31.4 Å². The Balaban J connectivity index is 1.70. The first-order valence-corrected chi connectivity index (χ1v) is 10.9. The molecule has 0 radical (unpaired) electrons. The fourth-order valence-corrected chi connectivity index (χ4v) is 4.65. The van der Waals surface area contributed by atoms with E-state index in [0.717, 1.165) is 30.6 Å². The third-order valence-electron chi connectivity index (χ3n) is 6.30. The van der Waals surface area contributed by atoms with E-state index in [4.69, 9.17) is 9.47 Å². The Morgan fingerprint density at radius 1 is 1.16 bits per heavy atom. The maximum atomic E-state index is 13.0. The van der Waals surface area contributed by atoms with Gasteiger partial charge in [0.15, 0.2) is 11.6 Å². The number of anilines is 4. The molecule has 3 heterocycles. The molecule has 32 heavy (non-hydrogen) atoms. The molecule has 2 aliphatic rings. The number of hydrogen-bond donors (Lipinski definition) is 1. The third-order valence-corrected chi connectivity index (χ3v) is 6.30. The van der Waals surface area contributed by atoms with Gasteiger partial charge in [0.05, 0.1) is 37.4 Å². The molecule has 4 rings (SSSR count). The Morgan fingerprint density at radius 2 is 1.91 bits per heavy atom. The van der Waals surface area contributed by atoms with Crippen molar-refractivity contribution >= 4 is 34.9 Å². The molecule has 1 fully saturated rings. The first kappa shape index (κ1) is 21.9. The molecule has 0 saturated heterocycles. The Labute approximate surface area is 187 Å². The number of carbonyl (C=O) groups is 2. The molecule has 170 valence electrons. The minimum atomic E-state index is -0.486. The Kier molecular flexibility index (Phi) is 6.16. The first-order valence-electron chi connectivity index (χ1n) is 10.9. The predicted molar refractivity (Wildman–Crippen MR) is 122 cm³/mol. The van der Waals surface area contributed by atoms with Gasteiger partial charge < -0.3 is 24.6 Å². The van der Waals surface area contributed by atoms with Gasteiger partial charge in [-0.15, -0.1) is 0 Å².